The van der Waals surface area contributed by atoms with E-state index >= 15 is 0 Å². The van der Waals surface area contributed by atoms with Crippen LogP contribution in [0.15, 0.2) is 48.5 Å². The van der Waals surface area contributed by atoms with Gasteiger partial charge in [0.15, 0.2) is 5.96 Å². The molecule has 1 unspecified atom stereocenters. The molecule has 0 bridgehead atoms. The van der Waals surface area contributed by atoms with E-state index in [0.717, 1.165) is 31.6 Å². The van der Waals surface area contributed by atoms with Crippen LogP contribution in [0, 0.1) is 5.41 Å². The molecule has 0 aromatic heterocycles. The van der Waals surface area contributed by atoms with Gasteiger partial charge in [-0.3, -0.25) is 15.1 Å². The van der Waals surface area contributed by atoms with Crippen molar-refractivity contribution in [1.82, 2.24) is 10.2 Å². The second-order valence-electron chi connectivity index (χ2n) is 7.06. The van der Waals surface area contributed by atoms with Gasteiger partial charge in [-0.15, -0.1) is 0 Å². The first-order valence-corrected chi connectivity index (χ1v) is 9.19. The molecule has 2 aromatic rings. The average molecular weight is 366 g/mol. The van der Waals surface area contributed by atoms with Gasteiger partial charge >= 0.3 is 5.97 Å². The zero-order chi connectivity index (χ0) is 19.2. The largest absolute Gasteiger partial charge is 0.481 e. The van der Waals surface area contributed by atoms with Crippen molar-refractivity contribution in [1.29, 1.82) is 5.41 Å². The molecule has 0 amide bonds. The van der Waals surface area contributed by atoms with Crippen LogP contribution in [-0.2, 0) is 24.3 Å². The quantitative estimate of drug-likeness (QED) is 0.464. The van der Waals surface area contributed by atoms with E-state index in [2.05, 4.69) is 34.5 Å². The van der Waals surface area contributed by atoms with Crippen LogP contribution in [0.5, 0.6) is 0 Å². The third-order valence-corrected chi connectivity index (χ3v) is 5.00. The third-order valence-electron chi connectivity index (χ3n) is 5.00. The highest BCUT2D eigenvalue weighted by Crippen LogP contribution is 2.29. The van der Waals surface area contributed by atoms with E-state index in [-0.39, 0.29) is 18.3 Å². The molecule has 1 heterocycles. The number of nitrogens with one attached hydrogen (secondary N) is 2. The molecular weight excluding hydrogens is 340 g/mol. The Morgan fingerprint density at radius 3 is 2.59 bits per heavy atom. The Labute approximate surface area is 159 Å². The van der Waals surface area contributed by atoms with Crippen LogP contribution in [0.4, 0.5) is 0 Å². The molecule has 6 nitrogen and oxygen atoms in total. The molecule has 3 rings (SSSR count). The Bertz CT molecular complexity index is 804. The van der Waals surface area contributed by atoms with Crippen LogP contribution in [0.1, 0.15) is 34.6 Å². The Morgan fingerprint density at radius 1 is 1.19 bits per heavy atom. The fourth-order valence-electron chi connectivity index (χ4n) is 3.69. The first-order valence-electron chi connectivity index (χ1n) is 9.19. The van der Waals surface area contributed by atoms with Gasteiger partial charge < -0.3 is 16.2 Å². The second kappa shape index (κ2) is 8.68. The Hall–Kier alpha value is -2.86. The number of carboxylic acid groups (broad SMARTS) is 1. The Balaban J connectivity index is 1.68. The van der Waals surface area contributed by atoms with Crippen LogP contribution in [0.3, 0.4) is 0 Å². The van der Waals surface area contributed by atoms with E-state index in [1.54, 1.807) is 0 Å². The number of carboxylic acids is 1. The molecule has 1 aliphatic heterocycles. The zero-order valence-electron chi connectivity index (χ0n) is 15.3. The van der Waals surface area contributed by atoms with E-state index in [0.29, 0.717) is 6.54 Å². The van der Waals surface area contributed by atoms with Gasteiger partial charge in [0.25, 0.3) is 0 Å². The fourth-order valence-corrected chi connectivity index (χ4v) is 3.69. The summed E-state index contributed by atoms with van der Waals surface area (Å²) in [5, 5.41) is 19.3. The van der Waals surface area contributed by atoms with Crippen LogP contribution in [0.25, 0.3) is 0 Å². The normalized spacial score (nSPS) is 17.0. The van der Waals surface area contributed by atoms with Gasteiger partial charge in [0.1, 0.15) is 0 Å². The van der Waals surface area contributed by atoms with Crippen LogP contribution in [0.2, 0.25) is 0 Å². The predicted octanol–water partition coefficient (Wildman–Crippen LogP) is 2.29. The van der Waals surface area contributed by atoms with Crippen molar-refractivity contribution in [2.75, 3.05) is 13.1 Å². The molecule has 0 aliphatic carbocycles. The van der Waals surface area contributed by atoms with Gasteiger partial charge in [0.05, 0.1) is 6.42 Å². The number of hydrogen-bond donors (Lipinski definition) is 4. The molecule has 0 spiro atoms. The van der Waals surface area contributed by atoms with Crippen molar-refractivity contribution in [2.45, 2.75) is 31.8 Å². The van der Waals surface area contributed by atoms with E-state index < -0.39 is 5.97 Å². The van der Waals surface area contributed by atoms with Crippen molar-refractivity contribution in [3.8, 4) is 0 Å². The molecule has 0 saturated heterocycles. The average Bonchev–Trinajstić information content (AvgIpc) is 2.80. The van der Waals surface area contributed by atoms with Crippen LogP contribution >= 0.6 is 0 Å². The van der Waals surface area contributed by atoms with Gasteiger partial charge in [-0.2, -0.15) is 0 Å². The number of carbonyl (C=O) groups is 1. The maximum atomic E-state index is 11.4. The summed E-state index contributed by atoms with van der Waals surface area (Å²) >= 11 is 0. The number of benzene rings is 2. The summed E-state index contributed by atoms with van der Waals surface area (Å²) in [5.41, 5.74) is 10.0. The van der Waals surface area contributed by atoms with Gasteiger partial charge in [-0.1, -0.05) is 48.5 Å². The number of fused-ring (bicyclic) bond motifs is 1. The number of nitrogens with two attached hydrogens (primary N) is 1. The number of guanidine groups is 1. The molecule has 0 saturated carbocycles. The Kier molecular flexibility index (Phi) is 6.08. The monoisotopic (exact) mass is 366 g/mol. The van der Waals surface area contributed by atoms with Gasteiger partial charge in [0, 0.05) is 32.1 Å². The Morgan fingerprint density at radius 2 is 1.89 bits per heavy atom. The minimum Gasteiger partial charge on any atom is -0.481 e. The molecule has 0 fully saturated rings. The summed E-state index contributed by atoms with van der Waals surface area (Å²) in [4.78, 5) is 13.7. The third kappa shape index (κ3) is 5.31. The summed E-state index contributed by atoms with van der Waals surface area (Å²) in [6.45, 7) is 3.00. The topological polar surface area (TPSA) is 102 Å². The van der Waals surface area contributed by atoms with Gasteiger partial charge in [0.2, 0.25) is 0 Å². The lowest BCUT2D eigenvalue weighted by molar-refractivity contribution is -0.137. The summed E-state index contributed by atoms with van der Waals surface area (Å²) in [6.07, 6.45) is 1.09. The molecule has 0 radical (unpaired) electrons. The van der Waals surface area contributed by atoms with Crippen LogP contribution in [-0.4, -0.2) is 35.0 Å². The fraction of sp³-hybridized carbons (Fsp3) is 0.333. The molecule has 1 atom stereocenters. The maximum absolute atomic E-state index is 11.4. The maximum Gasteiger partial charge on any atom is 0.304 e. The van der Waals surface area contributed by atoms with Gasteiger partial charge in [-0.25, -0.2) is 0 Å². The minimum absolute atomic E-state index is 0.0141. The van der Waals surface area contributed by atoms with E-state index in [9.17, 15) is 9.90 Å². The van der Waals surface area contributed by atoms with E-state index in [1.807, 2.05) is 24.3 Å². The molecule has 1 aliphatic rings. The summed E-state index contributed by atoms with van der Waals surface area (Å²) in [7, 11) is 0. The van der Waals surface area contributed by atoms with Crippen LogP contribution < -0.4 is 11.1 Å². The number of nitrogens with zero attached hydrogens (tertiary/aromatic N) is 1. The predicted molar refractivity (Wildman–Crippen MR) is 106 cm³/mol. The number of hydrogen-bond acceptors (Lipinski definition) is 3. The smallest absolute Gasteiger partial charge is 0.304 e. The lowest BCUT2D eigenvalue weighted by Gasteiger charge is -2.24. The zero-order valence-corrected chi connectivity index (χ0v) is 15.3. The molecule has 5 N–H and O–H groups in total. The number of rotatable bonds is 6. The molecule has 142 valence electrons. The van der Waals surface area contributed by atoms with Crippen molar-refractivity contribution in [2.24, 2.45) is 5.73 Å². The highest BCUT2D eigenvalue weighted by Gasteiger charge is 2.24. The van der Waals surface area contributed by atoms with Crippen molar-refractivity contribution >= 4 is 11.9 Å². The standard InChI is InChI=1S/C21H26N4O2/c22-21(23)24-12-15-5-7-16(8-6-15)13-25-10-9-17-3-1-2-4-19(17)18(14-25)11-20(26)27/h1-8,18H,9-14H2,(H,26,27)(H4,22,23,24). The first-order chi connectivity index (χ1) is 13.0. The molecular formula is C21H26N4O2. The van der Waals surface area contributed by atoms with E-state index in [4.69, 9.17) is 11.1 Å². The highest BCUT2D eigenvalue weighted by molar-refractivity contribution is 5.74. The van der Waals surface area contributed by atoms with Crippen molar-refractivity contribution < 1.29 is 9.90 Å². The summed E-state index contributed by atoms with van der Waals surface area (Å²) < 4.78 is 0. The van der Waals surface area contributed by atoms with Crippen molar-refractivity contribution in [3.63, 3.8) is 0 Å². The van der Waals surface area contributed by atoms with Crippen molar-refractivity contribution in [3.05, 3.63) is 70.8 Å². The van der Waals surface area contributed by atoms with E-state index in [1.165, 1.54) is 16.7 Å². The molecule has 27 heavy (non-hydrogen) atoms. The first kappa shape index (κ1) is 18.9. The lowest BCUT2D eigenvalue weighted by Crippen LogP contribution is -2.29. The minimum atomic E-state index is -0.751. The lowest BCUT2D eigenvalue weighted by atomic mass is 9.91. The highest BCUT2D eigenvalue weighted by atomic mass is 16.4. The summed E-state index contributed by atoms with van der Waals surface area (Å²) in [6, 6.07) is 16.5. The molecule has 6 heteroatoms. The number of aliphatic carboxylic acids is 1. The SMILES string of the molecule is N=C(N)NCc1ccc(CN2CCc3ccccc3C(CC(=O)O)C2)cc1. The second-order valence-corrected chi connectivity index (χ2v) is 7.06. The van der Waals surface area contributed by atoms with Gasteiger partial charge in [-0.05, 0) is 28.7 Å². The summed E-state index contributed by atoms with van der Waals surface area (Å²) in [5.74, 6) is -0.771. The molecule has 2 aromatic carbocycles.